The molecule has 0 aromatic heterocycles. The third-order valence-electron chi connectivity index (χ3n) is 3.62. The van der Waals surface area contributed by atoms with Crippen molar-refractivity contribution < 1.29 is 0 Å². The first kappa shape index (κ1) is 9.22. The van der Waals surface area contributed by atoms with Crippen molar-refractivity contribution in [3.63, 3.8) is 0 Å². The lowest BCUT2D eigenvalue weighted by Gasteiger charge is -2.36. The third-order valence-corrected chi connectivity index (χ3v) is 3.62. The van der Waals surface area contributed by atoms with Crippen molar-refractivity contribution in [2.75, 3.05) is 0 Å². The predicted octanol–water partition coefficient (Wildman–Crippen LogP) is 1.82. The van der Waals surface area contributed by atoms with E-state index in [9.17, 15) is 0 Å². The van der Waals surface area contributed by atoms with Crippen LogP contribution in [0.3, 0.4) is 0 Å². The van der Waals surface area contributed by atoms with Crippen LogP contribution in [-0.2, 0) is 0 Å². The number of rotatable bonds is 2. The van der Waals surface area contributed by atoms with E-state index in [1.54, 1.807) is 0 Å². The quantitative estimate of drug-likeness (QED) is 0.526. The molecule has 0 amide bonds. The van der Waals surface area contributed by atoms with Crippen LogP contribution in [0.15, 0.2) is 0 Å². The Hall–Kier alpha value is 0.130. The van der Waals surface area contributed by atoms with Crippen molar-refractivity contribution in [3.05, 3.63) is 0 Å². The highest BCUT2D eigenvalue weighted by Crippen LogP contribution is 2.40. The first-order valence-electron chi connectivity index (χ1n) is 5.17. The van der Waals surface area contributed by atoms with Crippen LogP contribution in [0.5, 0.6) is 0 Å². The molecule has 1 aliphatic rings. The molecule has 1 unspecified atom stereocenters. The standard InChI is InChI=1S/C9H20B2/c1-9(10,11-2)8-6-4-3-5-7-8/h8,11H,3-7,10H2,1-2H3. The Morgan fingerprint density at radius 1 is 1.27 bits per heavy atom. The smallest absolute Gasteiger partial charge is 0.0895 e. The van der Waals surface area contributed by atoms with Gasteiger partial charge < -0.3 is 0 Å². The van der Waals surface area contributed by atoms with Crippen LogP contribution in [0.1, 0.15) is 39.0 Å². The molecular formula is C9H20B2. The van der Waals surface area contributed by atoms with Gasteiger partial charge in [-0.3, -0.25) is 0 Å². The fraction of sp³-hybridized carbons (Fsp3) is 1.00. The maximum atomic E-state index is 2.43. The van der Waals surface area contributed by atoms with Gasteiger partial charge in [-0.2, -0.15) is 0 Å². The van der Waals surface area contributed by atoms with Crippen molar-refractivity contribution in [2.45, 2.75) is 51.1 Å². The summed E-state index contributed by atoms with van der Waals surface area (Å²) in [4.78, 5) is 0. The minimum atomic E-state index is 0.612. The van der Waals surface area contributed by atoms with Crippen molar-refractivity contribution in [1.82, 2.24) is 0 Å². The first-order valence-corrected chi connectivity index (χ1v) is 5.17. The molecule has 1 aliphatic carbocycles. The Bertz CT molecular complexity index is 115. The molecule has 1 saturated carbocycles. The van der Waals surface area contributed by atoms with Gasteiger partial charge in [0.2, 0.25) is 0 Å². The normalized spacial score (nSPS) is 26.0. The molecule has 0 saturated heterocycles. The minimum absolute atomic E-state index is 0.612. The third kappa shape index (κ3) is 2.28. The minimum Gasteiger partial charge on any atom is -0.0895 e. The molecule has 62 valence electrons. The average Bonchev–Trinajstić information content (AvgIpc) is 2.06. The SMILES string of the molecule is BC(C)(BC)C1CCCCC1. The van der Waals surface area contributed by atoms with E-state index in [0.29, 0.717) is 5.21 Å². The molecule has 0 aromatic carbocycles. The Morgan fingerprint density at radius 2 is 1.82 bits per heavy atom. The van der Waals surface area contributed by atoms with Crippen molar-refractivity contribution in [2.24, 2.45) is 5.92 Å². The van der Waals surface area contributed by atoms with Crippen LogP contribution < -0.4 is 0 Å². The zero-order chi connectivity index (χ0) is 8.32. The molecule has 1 fully saturated rings. The van der Waals surface area contributed by atoms with Gasteiger partial charge in [-0.1, -0.05) is 51.1 Å². The summed E-state index contributed by atoms with van der Waals surface area (Å²) < 4.78 is 0. The van der Waals surface area contributed by atoms with E-state index in [4.69, 9.17) is 0 Å². The molecule has 2 heteroatoms. The first-order chi connectivity index (χ1) is 5.17. The highest BCUT2D eigenvalue weighted by atomic mass is 14.2. The zero-order valence-electron chi connectivity index (χ0n) is 8.32. The average molecular weight is 150 g/mol. The van der Waals surface area contributed by atoms with Crippen molar-refractivity contribution >= 4 is 15.1 Å². The van der Waals surface area contributed by atoms with E-state index < -0.39 is 0 Å². The fourth-order valence-electron chi connectivity index (χ4n) is 2.17. The predicted molar refractivity (Wildman–Crippen MR) is 56.5 cm³/mol. The second kappa shape index (κ2) is 3.69. The Morgan fingerprint density at radius 3 is 2.27 bits per heavy atom. The fourth-order valence-corrected chi connectivity index (χ4v) is 2.17. The summed E-state index contributed by atoms with van der Waals surface area (Å²) >= 11 is 0. The van der Waals surface area contributed by atoms with Gasteiger partial charge >= 0.3 is 0 Å². The molecular weight excluding hydrogens is 130 g/mol. The maximum absolute atomic E-state index is 2.43. The molecule has 1 atom stereocenters. The van der Waals surface area contributed by atoms with Crippen LogP contribution in [0, 0.1) is 5.92 Å². The Balaban J connectivity index is 2.43. The lowest BCUT2D eigenvalue weighted by Crippen LogP contribution is -2.27. The molecule has 0 N–H and O–H groups in total. The van der Waals surface area contributed by atoms with Crippen LogP contribution >= 0.6 is 0 Å². The van der Waals surface area contributed by atoms with Gasteiger partial charge in [-0.15, -0.1) is 0 Å². The van der Waals surface area contributed by atoms with Crippen molar-refractivity contribution in [1.29, 1.82) is 0 Å². The molecule has 0 radical (unpaired) electrons. The van der Waals surface area contributed by atoms with E-state index in [1.807, 2.05) is 0 Å². The number of hydrogen-bond donors (Lipinski definition) is 0. The molecule has 1 rings (SSSR count). The zero-order valence-corrected chi connectivity index (χ0v) is 8.32. The summed E-state index contributed by atoms with van der Waals surface area (Å²) in [7, 11) is 3.78. The summed E-state index contributed by atoms with van der Waals surface area (Å²) in [5, 5.41) is 0.612. The van der Waals surface area contributed by atoms with Crippen LogP contribution in [-0.4, -0.2) is 15.1 Å². The molecule has 0 nitrogen and oxygen atoms in total. The molecule has 0 heterocycles. The van der Waals surface area contributed by atoms with Gasteiger partial charge in [0, 0.05) is 0 Å². The number of hydrogen-bond acceptors (Lipinski definition) is 0. The van der Waals surface area contributed by atoms with E-state index in [1.165, 1.54) is 39.4 Å². The van der Waals surface area contributed by atoms with Gasteiger partial charge in [-0.05, 0) is 5.92 Å². The van der Waals surface area contributed by atoms with E-state index >= 15 is 0 Å². The van der Waals surface area contributed by atoms with Gasteiger partial charge in [0.25, 0.3) is 0 Å². The molecule has 0 aliphatic heterocycles. The largest absolute Gasteiger partial charge is 0.115 e. The molecule has 0 aromatic rings. The van der Waals surface area contributed by atoms with Crippen LogP contribution in [0.2, 0.25) is 12.0 Å². The van der Waals surface area contributed by atoms with Gasteiger partial charge in [0.05, 0.1) is 7.85 Å². The molecule has 0 spiro atoms. The van der Waals surface area contributed by atoms with E-state index in [-0.39, 0.29) is 0 Å². The summed E-state index contributed by atoms with van der Waals surface area (Å²) in [6, 6.07) is 0. The van der Waals surface area contributed by atoms with Gasteiger partial charge in [-0.25, -0.2) is 0 Å². The lowest BCUT2D eigenvalue weighted by molar-refractivity contribution is 0.328. The van der Waals surface area contributed by atoms with Crippen molar-refractivity contribution in [3.8, 4) is 0 Å². The molecule has 11 heavy (non-hydrogen) atoms. The van der Waals surface area contributed by atoms with E-state index in [2.05, 4.69) is 21.6 Å². The summed E-state index contributed by atoms with van der Waals surface area (Å²) in [5.74, 6) is 1.02. The summed E-state index contributed by atoms with van der Waals surface area (Å²) in [6.07, 6.45) is 7.42. The van der Waals surface area contributed by atoms with Crippen LogP contribution in [0.4, 0.5) is 0 Å². The summed E-state index contributed by atoms with van der Waals surface area (Å²) in [6.45, 7) is 4.76. The molecule has 0 bridgehead atoms. The van der Waals surface area contributed by atoms with Crippen LogP contribution in [0.25, 0.3) is 0 Å². The topological polar surface area (TPSA) is 0 Å². The Kier molecular flexibility index (Phi) is 3.09. The Labute approximate surface area is 72.8 Å². The van der Waals surface area contributed by atoms with Gasteiger partial charge in [0.15, 0.2) is 0 Å². The highest BCUT2D eigenvalue weighted by Gasteiger charge is 2.28. The monoisotopic (exact) mass is 150 g/mol. The highest BCUT2D eigenvalue weighted by molar-refractivity contribution is 6.52. The second-order valence-electron chi connectivity index (χ2n) is 4.68. The van der Waals surface area contributed by atoms with Gasteiger partial charge in [0.1, 0.15) is 7.28 Å². The summed E-state index contributed by atoms with van der Waals surface area (Å²) in [5.41, 5.74) is 0. The maximum Gasteiger partial charge on any atom is 0.115 e. The van der Waals surface area contributed by atoms with E-state index in [0.717, 1.165) is 5.92 Å². The second-order valence-corrected chi connectivity index (χ2v) is 4.68. The lowest BCUT2D eigenvalue weighted by atomic mass is 9.38.